The van der Waals surface area contributed by atoms with Gasteiger partial charge in [0.15, 0.2) is 12.1 Å². The second kappa shape index (κ2) is 4.57. The van der Waals surface area contributed by atoms with Crippen molar-refractivity contribution in [2.45, 2.75) is 0 Å². The first-order chi connectivity index (χ1) is 9.19. The molecule has 0 saturated heterocycles. The molecule has 2 heterocycles. The lowest BCUT2D eigenvalue weighted by molar-refractivity contribution is 0.112. The maximum Gasteiger partial charge on any atom is 0.221 e. The van der Waals surface area contributed by atoms with Gasteiger partial charge in [0.2, 0.25) is 5.95 Å². The van der Waals surface area contributed by atoms with E-state index >= 15 is 0 Å². The van der Waals surface area contributed by atoms with E-state index in [1.54, 1.807) is 16.9 Å². The summed E-state index contributed by atoms with van der Waals surface area (Å²) in [4.78, 5) is 19.0. The highest BCUT2D eigenvalue weighted by Gasteiger charge is 2.12. The Labute approximate surface area is 121 Å². The van der Waals surface area contributed by atoms with Gasteiger partial charge >= 0.3 is 0 Å². The van der Waals surface area contributed by atoms with Crippen molar-refractivity contribution in [2.75, 3.05) is 5.73 Å². The van der Waals surface area contributed by atoms with E-state index < -0.39 is 0 Å². The maximum absolute atomic E-state index is 11.1. The SMILES string of the molecule is Nc1nccc(-n2nc(C=O)c3ccc(I)cc32)n1. The molecule has 1 aromatic carbocycles. The van der Waals surface area contributed by atoms with Crippen LogP contribution in [0.25, 0.3) is 16.7 Å². The number of anilines is 1. The largest absolute Gasteiger partial charge is 0.368 e. The van der Waals surface area contributed by atoms with Gasteiger partial charge in [0, 0.05) is 21.2 Å². The third kappa shape index (κ3) is 2.05. The summed E-state index contributed by atoms with van der Waals surface area (Å²) in [7, 11) is 0. The van der Waals surface area contributed by atoms with E-state index in [4.69, 9.17) is 5.73 Å². The molecule has 7 heteroatoms. The lowest BCUT2D eigenvalue weighted by atomic mass is 10.2. The molecule has 0 amide bonds. The topological polar surface area (TPSA) is 86.7 Å². The second-order valence-corrected chi connectivity index (χ2v) is 5.10. The molecule has 0 atom stereocenters. The number of hydrogen-bond acceptors (Lipinski definition) is 5. The molecule has 0 saturated carbocycles. The van der Waals surface area contributed by atoms with Gasteiger partial charge in [-0.25, -0.2) is 9.67 Å². The summed E-state index contributed by atoms with van der Waals surface area (Å²) in [6, 6.07) is 7.43. The fourth-order valence-corrected chi connectivity index (χ4v) is 2.33. The maximum atomic E-state index is 11.1. The van der Waals surface area contributed by atoms with Gasteiger partial charge in [-0.1, -0.05) is 0 Å². The summed E-state index contributed by atoms with van der Waals surface area (Å²) in [6.45, 7) is 0. The zero-order chi connectivity index (χ0) is 13.4. The van der Waals surface area contributed by atoms with Gasteiger partial charge in [-0.15, -0.1) is 0 Å². The number of aromatic nitrogens is 4. The average Bonchev–Trinajstić information content (AvgIpc) is 2.76. The van der Waals surface area contributed by atoms with Crippen molar-refractivity contribution >= 4 is 45.7 Å². The number of hydrogen-bond donors (Lipinski definition) is 1. The van der Waals surface area contributed by atoms with Crippen LogP contribution in [-0.2, 0) is 0 Å². The number of carbonyl (C=O) groups excluding carboxylic acids is 1. The Kier molecular flexibility index (Phi) is 2.90. The minimum atomic E-state index is 0.166. The molecule has 0 aliphatic carbocycles. The third-order valence-electron chi connectivity index (χ3n) is 2.66. The highest BCUT2D eigenvalue weighted by atomic mass is 127. The Morgan fingerprint density at radius 2 is 2.16 bits per heavy atom. The Morgan fingerprint density at radius 3 is 2.89 bits per heavy atom. The molecule has 0 spiro atoms. The molecule has 2 aromatic heterocycles. The van der Waals surface area contributed by atoms with Gasteiger partial charge in [0.25, 0.3) is 0 Å². The van der Waals surface area contributed by atoms with Crippen LogP contribution in [0.2, 0.25) is 0 Å². The molecule has 0 fully saturated rings. The summed E-state index contributed by atoms with van der Waals surface area (Å²) >= 11 is 2.21. The van der Waals surface area contributed by atoms with Crippen LogP contribution in [-0.4, -0.2) is 26.0 Å². The number of fused-ring (bicyclic) bond motifs is 1. The lowest BCUT2D eigenvalue weighted by Gasteiger charge is -2.02. The number of aldehydes is 1. The highest BCUT2D eigenvalue weighted by Crippen LogP contribution is 2.22. The average molecular weight is 365 g/mol. The second-order valence-electron chi connectivity index (χ2n) is 3.85. The first-order valence-electron chi connectivity index (χ1n) is 5.41. The molecule has 19 heavy (non-hydrogen) atoms. The molecule has 6 nitrogen and oxygen atoms in total. The van der Waals surface area contributed by atoms with E-state index in [0.717, 1.165) is 20.8 Å². The van der Waals surface area contributed by atoms with Crippen LogP contribution in [0.5, 0.6) is 0 Å². The van der Waals surface area contributed by atoms with Crippen molar-refractivity contribution in [1.29, 1.82) is 0 Å². The van der Waals surface area contributed by atoms with Crippen molar-refractivity contribution < 1.29 is 4.79 Å². The number of halogens is 1. The molecule has 0 aliphatic rings. The third-order valence-corrected chi connectivity index (χ3v) is 3.33. The fourth-order valence-electron chi connectivity index (χ4n) is 1.86. The molecular weight excluding hydrogens is 357 g/mol. The molecule has 3 rings (SSSR count). The van der Waals surface area contributed by atoms with Crippen molar-refractivity contribution in [1.82, 2.24) is 19.7 Å². The number of benzene rings is 1. The molecule has 0 aliphatic heterocycles. The van der Waals surface area contributed by atoms with Crippen molar-refractivity contribution in [3.05, 3.63) is 39.7 Å². The summed E-state index contributed by atoms with van der Waals surface area (Å²) in [5.74, 6) is 0.701. The monoisotopic (exact) mass is 365 g/mol. The zero-order valence-electron chi connectivity index (χ0n) is 9.62. The van der Waals surface area contributed by atoms with Gasteiger partial charge in [-0.05, 0) is 40.8 Å². The van der Waals surface area contributed by atoms with Crippen LogP contribution < -0.4 is 5.73 Å². The predicted octanol–water partition coefficient (Wildman–Crippen LogP) is 1.81. The minimum absolute atomic E-state index is 0.166. The molecule has 3 aromatic rings. The number of nitrogens with zero attached hydrogens (tertiary/aromatic N) is 4. The molecule has 0 bridgehead atoms. The summed E-state index contributed by atoms with van der Waals surface area (Å²) in [6.07, 6.45) is 2.29. The van der Waals surface area contributed by atoms with E-state index in [0.29, 0.717) is 11.5 Å². The number of nitrogens with two attached hydrogens (primary N) is 1. The van der Waals surface area contributed by atoms with Crippen LogP contribution in [0.15, 0.2) is 30.5 Å². The van der Waals surface area contributed by atoms with Crippen LogP contribution in [0.4, 0.5) is 5.95 Å². The van der Waals surface area contributed by atoms with Crippen molar-refractivity contribution in [3.8, 4) is 5.82 Å². The van der Waals surface area contributed by atoms with E-state index in [1.807, 2.05) is 18.2 Å². The Bertz CT molecular complexity index is 783. The van der Waals surface area contributed by atoms with Crippen LogP contribution in [0.3, 0.4) is 0 Å². The first kappa shape index (κ1) is 12.0. The predicted molar refractivity (Wildman–Crippen MR) is 79.2 cm³/mol. The van der Waals surface area contributed by atoms with Crippen LogP contribution in [0.1, 0.15) is 10.5 Å². The standard InChI is InChI=1S/C12H8IN5O/c13-7-1-2-8-9(6-19)17-18(10(8)5-7)11-3-4-15-12(14)16-11/h1-6H,(H2,14,15,16). The Balaban J connectivity index is 2.34. The molecule has 94 valence electrons. The van der Waals surface area contributed by atoms with E-state index in [9.17, 15) is 4.79 Å². The van der Waals surface area contributed by atoms with E-state index in [-0.39, 0.29) is 5.95 Å². The molecular formula is C12H8IN5O. The summed E-state index contributed by atoms with van der Waals surface area (Å²) in [5, 5.41) is 5.04. The lowest BCUT2D eigenvalue weighted by Crippen LogP contribution is -2.03. The molecule has 0 radical (unpaired) electrons. The van der Waals surface area contributed by atoms with E-state index in [1.165, 1.54) is 0 Å². The van der Waals surface area contributed by atoms with Gasteiger partial charge < -0.3 is 5.73 Å². The quantitative estimate of drug-likeness (QED) is 0.553. The molecule has 2 N–H and O–H groups in total. The van der Waals surface area contributed by atoms with Crippen LogP contribution in [0, 0.1) is 3.57 Å². The fraction of sp³-hybridized carbons (Fsp3) is 0. The first-order valence-corrected chi connectivity index (χ1v) is 6.49. The van der Waals surface area contributed by atoms with Gasteiger partial charge in [0.1, 0.15) is 5.69 Å². The number of carbonyl (C=O) groups is 1. The zero-order valence-corrected chi connectivity index (χ0v) is 11.8. The summed E-state index contributed by atoms with van der Waals surface area (Å²) < 4.78 is 2.64. The van der Waals surface area contributed by atoms with Crippen molar-refractivity contribution in [3.63, 3.8) is 0 Å². The molecule has 0 unspecified atom stereocenters. The minimum Gasteiger partial charge on any atom is -0.368 e. The highest BCUT2D eigenvalue weighted by molar-refractivity contribution is 14.1. The Hall–Kier alpha value is -2.03. The normalized spacial score (nSPS) is 10.8. The van der Waals surface area contributed by atoms with Gasteiger partial charge in [-0.2, -0.15) is 10.1 Å². The number of nitrogen functional groups attached to an aromatic ring is 1. The van der Waals surface area contributed by atoms with Gasteiger partial charge in [0.05, 0.1) is 5.52 Å². The van der Waals surface area contributed by atoms with Crippen molar-refractivity contribution in [2.24, 2.45) is 0 Å². The number of rotatable bonds is 2. The van der Waals surface area contributed by atoms with E-state index in [2.05, 4.69) is 37.7 Å². The van der Waals surface area contributed by atoms with Crippen LogP contribution >= 0.6 is 22.6 Å². The van der Waals surface area contributed by atoms with Gasteiger partial charge in [-0.3, -0.25) is 4.79 Å². The Morgan fingerprint density at radius 1 is 1.32 bits per heavy atom. The summed E-state index contributed by atoms with van der Waals surface area (Å²) in [5.41, 5.74) is 6.77. The smallest absolute Gasteiger partial charge is 0.221 e.